The molecule has 0 fully saturated rings. The summed E-state index contributed by atoms with van der Waals surface area (Å²) in [5, 5.41) is 3.48. The zero-order valence-electron chi connectivity index (χ0n) is 13.6. The van der Waals surface area contributed by atoms with E-state index in [1.54, 1.807) is 7.11 Å². The fourth-order valence-electron chi connectivity index (χ4n) is 1.98. The quantitative estimate of drug-likeness (QED) is 0.601. The van der Waals surface area contributed by atoms with Crippen LogP contribution in [-0.2, 0) is 9.47 Å². The van der Waals surface area contributed by atoms with Gasteiger partial charge in [0.2, 0.25) is 0 Å². The summed E-state index contributed by atoms with van der Waals surface area (Å²) in [4.78, 5) is 0. The molecule has 0 aliphatic rings. The van der Waals surface area contributed by atoms with Crippen molar-refractivity contribution in [1.82, 2.24) is 5.32 Å². The molecule has 0 aliphatic heterocycles. The first-order valence-electron chi connectivity index (χ1n) is 7.80. The molecule has 1 aromatic rings. The van der Waals surface area contributed by atoms with Gasteiger partial charge in [0.15, 0.2) is 0 Å². The lowest BCUT2D eigenvalue weighted by Gasteiger charge is -2.15. The molecule has 1 unspecified atom stereocenters. The molecule has 0 amide bonds. The minimum Gasteiger partial charge on any atom is -0.491 e. The molecule has 1 aromatic carbocycles. The number of benzene rings is 1. The average Bonchev–Trinajstić information content (AvgIpc) is 2.52. The van der Waals surface area contributed by atoms with Gasteiger partial charge in [-0.15, -0.1) is 0 Å². The van der Waals surface area contributed by atoms with E-state index in [-0.39, 0.29) is 0 Å². The zero-order valence-corrected chi connectivity index (χ0v) is 13.6. The van der Waals surface area contributed by atoms with Gasteiger partial charge in [0, 0.05) is 26.4 Å². The minimum absolute atomic E-state index is 0.346. The maximum absolute atomic E-state index is 5.72. The highest BCUT2D eigenvalue weighted by Gasteiger charge is 2.05. The van der Waals surface area contributed by atoms with Crippen LogP contribution >= 0.6 is 0 Å². The Morgan fingerprint density at radius 1 is 1.14 bits per heavy atom. The first kappa shape index (κ1) is 18.0. The highest BCUT2D eigenvalue weighted by atomic mass is 16.5. The van der Waals surface area contributed by atoms with Gasteiger partial charge < -0.3 is 19.5 Å². The summed E-state index contributed by atoms with van der Waals surface area (Å²) in [6, 6.07) is 8.59. The maximum atomic E-state index is 5.72. The third-order valence-corrected chi connectivity index (χ3v) is 3.19. The number of hydrogen-bond donors (Lipinski definition) is 1. The second-order valence-corrected chi connectivity index (χ2v) is 5.06. The molecule has 1 N–H and O–H groups in total. The fourth-order valence-corrected chi connectivity index (χ4v) is 1.98. The van der Waals surface area contributed by atoms with Crippen molar-refractivity contribution in [3.63, 3.8) is 0 Å². The molecule has 0 aromatic heterocycles. The minimum atomic E-state index is 0.346. The van der Waals surface area contributed by atoms with E-state index in [4.69, 9.17) is 14.2 Å². The number of rotatable bonds is 12. The van der Waals surface area contributed by atoms with Gasteiger partial charge in [0.05, 0.1) is 6.61 Å². The third kappa shape index (κ3) is 8.05. The Morgan fingerprint density at radius 2 is 2.00 bits per heavy atom. The van der Waals surface area contributed by atoms with Crippen molar-refractivity contribution >= 4 is 0 Å². The molecule has 1 atom stereocenters. The van der Waals surface area contributed by atoms with E-state index in [0.717, 1.165) is 38.3 Å². The monoisotopic (exact) mass is 295 g/mol. The summed E-state index contributed by atoms with van der Waals surface area (Å²) >= 11 is 0. The molecule has 0 bridgehead atoms. The lowest BCUT2D eigenvalue weighted by atomic mass is 10.1. The average molecular weight is 295 g/mol. The van der Waals surface area contributed by atoms with E-state index in [9.17, 15) is 0 Å². The topological polar surface area (TPSA) is 39.7 Å². The summed E-state index contributed by atoms with van der Waals surface area (Å²) in [6.45, 7) is 8.02. The summed E-state index contributed by atoms with van der Waals surface area (Å²) in [5.41, 5.74) is 1.25. The predicted molar refractivity (Wildman–Crippen MR) is 86.0 cm³/mol. The number of hydrogen-bond acceptors (Lipinski definition) is 4. The molecule has 4 heteroatoms. The Bertz CT molecular complexity index is 371. The first-order chi connectivity index (χ1) is 10.3. The molecule has 120 valence electrons. The third-order valence-electron chi connectivity index (χ3n) is 3.19. The maximum Gasteiger partial charge on any atom is 0.119 e. The van der Waals surface area contributed by atoms with Gasteiger partial charge in [-0.3, -0.25) is 0 Å². The fraction of sp³-hybridized carbons (Fsp3) is 0.647. The Morgan fingerprint density at radius 3 is 2.76 bits per heavy atom. The van der Waals surface area contributed by atoms with Crippen LogP contribution < -0.4 is 10.1 Å². The van der Waals surface area contributed by atoms with Crippen molar-refractivity contribution in [3.05, 3.63) is 29.8 Å². The van der Waals surface area contributed by atoms with Crippen molar-refractivity contribution in [2.75, 3.05) is 40.1 Å². The van der Waals surface area contributed by atoms with Gasteiger partial charge >= 0.3 is 0 Å². The Hall–Kier alpha value is -1.10. The van der Waals surface area contributed by atoms with E-state index in [0.29, 0.717) is 19.3 Å². The lowest BCUT2D eigenvalue weighted by Crippen LogP contribution is -2.19. The van der Waals surface area contributed by atoms with Crippen LogP contribution in [0.1, 0.15) is 38.3 Å². The molecule has 0 spiro atoms. The molecular weight excluding hydrogens is 266 g/mol. The van der Waals surface area contributed by atoms with Crippen LogP contribution in [0.15, 0.2) is 24.3 Å². The van der Waals surface area contributed by atoms with Crippen LogP contribution in [-0.4, -0.2) is 40.1 Å². The van der Waals surface area contributed by atoms with E-state index >= 15 is 0 Å². The predicted octanol–water partition coefficient (Wildman–Crippen LogP) is 3.18. The molecule has 21 heavy (non-hydrogen) atoms. The normalized spacial score (nSPS) is 12.3. The zero-order chi connectivity index (χ0) is 15.3. The largest absolute Gasteiger partial charge is 0.491 e. The highest BCUT2D eigenvalue weighted by Crippen LogP contribution is 2.19. The SMILES string of the molecule is CCCNC(C)c1cccc(OCCOCCCOC)c1. The summed E-state index contributed by atoms with van der Waals surface area (Å²) < 4.78 is 16.2. The second kappa shape index (κ2) is 11.5. The van der Waals surface area contributed by atoms with Gasteiger partial charge in [-0.1, -0.05) is 19.1 Å². The highest BCUT2D eigenvalue weighted by molar-refractivity contribution is 5.30. The van der Waals surface area contributed by atoms with Crippen LogP contribution in [0.2, 0.25) is 0 Å². The van der Waals surface area contributed by atoms with E-state index < -0.39 is 0 Å². The van der Waals surface area contributed by atoms with Crippen molar-refractivity contribution < 1.29 is 14.2 Å². The first-order valence-corrected chi connectivity index (χ1v) is 7.80. The molecule has 0 saturated heterocycles. The lowest BCUT2D eigenvalue weighted by molar-refractivity contribution is 0.0806. The standard InChI is InChI=1S/C17H29NO3/c1-4-9-18-15(2)16-7-5-8-17(14-16)21-13-12-20-11-6-10-19-3/h5,7-8,14-15,18H,4,6,9-13H2,1-3H3. The van der Waals surface area contributed by atoms with E-state index in [2.05, 4.69) is 31.3 Å². The van der Waals surface area contributed by atoms with E-state index in [1.807, 2.05) is 12.1 Å². The van der Waals surface area contributed by atoms with Crippen LogP contribution in [0.4, 0.5) is 0 Å². The van der Waals surface area contributed by atoms with Gasteiger partial charge in [0.1, 0.15) is 12.4 Å². The number of methoxy groups -OCH3 is 1. The molecule has 0 radical (unpaired) electrons. The van der Waals surface area contributed by atoms with Crippen LogP contribution in [0.5, 0.6) is 5.75 Å². The van der Waals surface area contributed by atoms with Crippen LogP contribution in [0, 0.1) is 0 Å². The Balaban J connectivity index is 2.26. The molecular formula is C17H29NO3. The van der Waals surface area contributed by atoms with Crippen molar-refractivity contribution in [2.45, 2.75) is 32.7 Å². The number of nitrogens with one attached hydrogen (secondary N) is 1. The molecule has 0 aliphatic carbocycles. The molecule has 1 rings (SSSR count). The summed E-state index contributed by atoms with van der Waals surface area (Å²) in [7, 11) is 1.70. The van der Waals surface area contributed by atoms with Gasteiger partial charge in [0.25, 0.3) is 0 Å². The smallest absolute Gasteiger partial charge is 0.119 e. The molecule has 0 heterocycles. The van der Waals surface area contributed by atoms with Crippen molar-refractivity contribution in [2.24, 2.45) is 0 Å². The van der Waals surface area contributed by atoms with E-state index in [1.165, 1.54) is 5.56 Å². The van der Waals surface area contributed by atoms with Crippen LogP contribution in [0.3, 0.4) is 0 Å². The molecule has 4 nitrogen and oxygen atoms in total. The van der Waals surface area contributed by atoms with Gasteiger partial charge in [-0.2, -0.15) is 0 Å². The van der Waals surface area contributed by atoms with Crippen molar-refractivity contribution in [3.8, 4) is 5.75 Å². The van der Waals surface area contributed by atoms with Gasteiger partial charge in [-0.25, -0.2) is 0 Å². The summed E-state index contributed by atoms with van der Waals surface area (Å²) in [6.07, 6.45) is 2.06. The summed E-state index contributed by atoms with van der Waals surface area (Å²) in [5.74, 6) is 0.901. The Labute approximate surface area is 128 Å². The van der Waals surface area contributed by atoms with Crippen LogP contribution in [0.25, 0.3) is 0 Å². The number of ether oxygens (including phenoxy) is 3. The second-order valence-electron chi connectivity index (χ2n) is 5.06. The Kier molecular flexibility index (Phi) is 9.87. The molecule has 0 saturated carbocycles. The van der Waals surface area contributed by atoms with Crippen molar-refractivity contribution in [1.29, 1.82) is 0 Å². The van der Waals surface area contributed by atoms with Gasteiger partial charge in [-0.05, 0) is 44.0 Å².